The van der Waals surface area contributed by atoms with Gasteiger partial charge in [0.2, 0.25) is 0 Å². The van der Waals surface area contributed by atoms with Gasteiger partial charge in [-0.1, -0.05) is 11.3 Å². The SMILES string of the molecule is CC(C)NC(=O)Nc1nc2c(s1)[C@H](C)N(c1nc3cc(S(C)(=O)=O)ccc3o1)[C@H](CO)C2. The van der Waals surface area contributed by atoms with Gasteiger partial charge in [0, 0.05) is 18.7 Å². The van der Waals surface area contributed by atoms with E-state index in [9.17, 15) is 18.3 Å². The second-order valence-electron chi connectivity index (χ2n) is 8.11. The van der Waals surface area contributed by atoms with E-state index < -0.39 is 9.84 Å². The van der Waals surface area contributed by atoms with Gasteiger partial charge in [0.25, 0.3) is 6.01 Å². The molecule has 1 aliphatic rings. The number of hydrogen-bond donors (Lipinski definition) is 3. The molecule has 10 nitrogen and oxygen atoms in total. The number of carbonyl (C=O) groups excluding carboxylic acids is 1. The zero-order chi connectivity index (χ0) is 23.2. The average Bonchev–Trinajstić information content (AvgIpc) is 3.29. The number of nitrogens with zero attached hydrogens (tertiary/aromatic N) is 3. The number of benzene rings is 1. The van der Waals surface area contributed by atoms with Gasteiger partial charge in [-0.25, -0.2) is 18.2 Å². The molecule has 0 aliphatic carbocycles. The maximum absolute atomic E-state index is 12.0. The predicted octanol–water partition coefficient (Wildman–Crippen LogP) is 2.70. The van der Waals surface area contributed by atoms with Crippen molar-refractivity contribution in [2.75, 3.05) is 23.1 Å². The van der Waals surface area contributed by atoms with E-state index in [0.29, 0.717) is 28.7 Å². The van der Waals surface area contributed by atoms with Gasteiger partial charge in [0.15, 0.2) is 20.6 Å². The number of amides is 2. The molecule has 32 heavy (non-hydrogen) atoms. The number of sulfone groups is 1. The molecule has 3 aromatic rings. The topological polar surface area (TPSA) is 138 Å². The maximum Gasteiger partial charge on any atom is 0.321 e. The van der Waals surface area contributed by atoms with Crippen molar-refractivity contribution in [3.63, 3.8) is 0 Å². The number of thiazole rings is 1. The molecule has 0 fully saturated rings. The van der Waals surface area contributed by atoms with Gasteiger partial charge < -0.3 is 19.7 Å². The second kappa shape index (κ2) is 8.34. The Morgan fingerprint density at radius 3 is 2.78 bits per heavy atom. The van der Waals surface area contributed by atoms with Crippen molar-refractivity contribution in [2.24, 2.45) is 0 Å². The molecule has 0 radical (unpaired) electrons. The van der Waals surface area contributed by atoms with Crippen LogP contribution in [0.1, 0.15) is 37.4 Å². The summed E-state index contributed by atoms with van der Waals surface area (Å²) in [5.41, 5.74) is 1.70. The number of aliphatic hydroxyl groups excluding tert-OH is 1. The summed E-state index contributed by atoms with van der Waals surface area (Å²) >= 11 is 1.37. The Kier molecular flexibility index (Phi) is 5.86. The van der Waals surface area contributed by atoms with Crippen molar-refractivity contribution in [2.45, 2.75) is 50.2 Å². The average molecular weight is 480 g/mol. The number of oxazole rings is 1. The number of aliphatic hydroxyl groups is 1. The number of aromatic nitrogens is 2. The Balaban J connectivity index is 1.66. The van der Waals surface area contributed by atoms with Crippen LogP contribution in [0.15, 0.2) is 27.5 Å². The molecule has 3 heterocycles. The second-order valence-corrected chi connectivity index (χ2v) is 11.2. The lowest BCUT2D eigenvalue weighted by atomic mass is 10.00. The molecule has 2 atom stereocenters. The molecular weight excluding hydrogens is 454 g/mol. The fourth-order valence-electron chi connectivity index (χ4n) is 3.76. The van der Waals surface area contributed by atoms with Crippen molar-refractivity contribution in [3.8, 4) is 0 Å². The summed E-state index contributed by atoms with van der Waals surface area (Å²) in [5.74, 6) is 0. The fourth-order valence-corrected chi connectivity index (χ4v) is 5.44. The highest BCUT2D eigenvalue weighted by atomic mass is 32.2. The third-order valence-electron chi connectivity index (χ3n) is 5.19. The molecule has 1 aromatic carbocycles. The first-order valence-corrected chi connectivity index (χ1v) is 12.8. The molecule has 0 spiro atoms. The minimum atomic E-state index is -3.37. The first-order chi connectivity index (χ1) is 15.1. The first-order valence-electron chi connectivity index (χ1n) is 10.1. The highest BCUT2D eigenvalue weighted by Gasteiger charge is 2.37. The molecule has 0 saturated carbocycles. The van der Waals surface area contributed by atoms with Gasteiger partial charge in [0.1, 0.15) is 5.52 Å². The van der Waals surface area contributed by atoms with Crippen LogP contribution in [0.3, 0.4) is 0 Å². The van der Waals surface area contributed by atoms with Crippen LogP contribution in [0, 0.1) is 0 Å². The van der Waals surface area contributed by atoms with Gasteiger partial charge in [-0.2, -0.15) is 4.98 Å². The van der Waals surface area contributed by atoms with Crippen molar-refractivity contribution >= 4 is 49.5 Å². The van der Waals surface area contributed by atoms with Crippen LogP contribution < -0.4 is 15.5 Å². The third-order valence-corrected chi connectivity index (χ3v) is 7.49. The lowest BCUT2D eigenvalue weighted by Gasteiger charge is -2.37. The predicted molar refractivity (Wildman–Crippen MR) is 122 cm³/mol. The largest absolute Gasteiger partial charge is 0.423 e. The monoisotopic (exact) mass is 479 g/mol. The minimum Gasteiger partial charge on any atom is -0.423 e. The van der Waals surface area contributed by atoms with Crippen LogP contribution in [-0.2, 0) is 16.3 Å². The van der Waals surface area contributed by atoms with Gasteiger partial charge in [-0.05, 0) is 39.0 Å². The fraction of sp³-hybridized carbons (Fsp3) is 0.450. The molecule has 4 rings (SSSR count). The van der Waals surface area contributed by atoms with Crippen LogP contribution in [0.2, 0.25) is 0 Å². The summed E-state index contributed by atoms with van der Waals surface area (Å²) < 4.78 is 29.7. The number of fused-ring (bicyclic) bond motifs is 2. The molecule has 2 amide bonds. The summed E-state index contributed by atoms with van der Waals surface area (Å²) in [6, 6.07) is 3.96. The van der Waals surface area contributed by atoms with E-state index >= 15 is 0 Å². The van der Waals surface area contributed by atoms with E-state index in [1.54, 1.807) is 6.07 Å². The van der Waals surface area contributed by atoms with E-state index in [2.05, 4.69) is 20.6 Å². The normalized spacial score (nSPS) is 18.8. The summed E-state index contributed by atoms with van der Waals surface area (Å²) in [4.78, 5) is 24.1. The van der Waals surface area contributed by atoms with Crippen LogP contribution in [0.5, 0.6) is 0 Å². The summed E-state index contributed by atoms with van der Waals surface area (Å²) in [7, 11) is -3.37. The Labute approximate surface area is 189 Å². The van der Waals surface area contributed by atoms with Crippen LogP contribution >= 0.6 is 11.3 Å². The van der Waals surface area contributed by atoms with E-state index in [0.717, 1.165) is 16.8 Å². The number of carbonyl (C=O) groups is 1. The lowest BCUT2D eigenvalue weighted by Crippen LogP contribution is -2.45. The minimum absolute atomic E-state index is 0.000132. The van der Waals surface area contributed by atoms with Crippen LogP contribution in [-0.4, -0.2) is 54.5 Å². The number of rotatable bonds is 5. The van der Waals surface area contributed by atoms with Gasteiger partial charge in [-0.3, -0.25) is 5.32 Å². The Morgan fingerprint density at radius 2 is 2.12 bits per heavy atom. The van der Waals surface area contributed by atoms with E-state index in [1.165, 1.54) is 23.5 Å². The lowest BCUT2D eigenvalue weighted by molar-refractivity contribution is 0.242. The Bertz CT molecular complexity index is 1270. The number of urea groups is 1. The zero-order valence-electron chi connectivity index (χ0n) is 18.1. The molecule has 3 N–H and O–H groups in total. The summed E-state index contributed by atoms with van der Waals surface area (Å²) in [6.07, 6.45) is 1.59. The van der Waals surface area contributed by atoms with Gasteiger partial charge in [-0.15, -0.1) is 0 Å². The quantitative estimate of drug-likeness (QED) is 0.508. The smallest absolute Gasteiger partial charge is 0.321 e. The van der Waals surface area contributed by atoms with E-state index in [-0.39, 0.29) is 35.7 Å². The van der Waals surface area contributed by atoms with Crippen molar-refractivity contribution in [1.82, 2.24) is 15.3 Å². The number of anilines is 2. The molecule has 12 heteroatoms. The molecule has 0 unspecified atom stereocenters. The molecule has 0 bridgehead atoms. The van der Waals surface area contributed by atoms with Crippen LogP contribution in [0.4, 0.5) is 15.9 Å². The molecule has 1 aliphatic heterocycles. The maximum atomic E-state index is 12.0. The highest BCUT2D eigenvalue weighted by molar-refractivity contribution is 7.90. The first kappa shape index (κ1) is 22.5. The number of hydrogen-bond acceptors (Lipinski definition) is 9. The molecule has 172 valence electrons. The van der Waals surface area contributed by atoms with Crippen molar-refractivity contribution in [3.05, 3.63) is 28.8 Å². The summed E-state index contributed by atoms with van der Waals surface area (Å²) in [5, 5.41) is 16.1. The van der Waals surface area contributed by atoms with Crippen molar-refractivity contribution < 1.29 is 22.7 Å². The molecule has 0 saturated heterocycles. The van der Waals surface area contributed by atoms with Crippen LogP contribution in [0.25, 0.3) is 11.1 Å². The van der Waals surface area contributed by atoms with Crippen molar-refractivity contribution in [1.29, 1.82) is 0 Å². The Morgan fingerprint density at radius 1 is 1.38 bits per heavy atom. The third kappa shape index (κ3) is 4.30. The Hall–Kier alpha value is -2.70. The standard InChI is InChI=1S/C20H25N5O5S2/c1-10(2)21-18(27)24-19-22-15-7-12(9-26)25(11(3)17(15)31-19)20-23-14-8-13(32(4,28)29)5-6-16(14)30-20/h5-6,8,10-12,26H,7,9H2,1-4H3,(H2,21,22,24,27)/t11-,12-/m0/s1. The summed E-state index contributed by atoms with van der Waals surface area (Å²) in [6.45, 7) is 5.55. The molecule has 2 aromatic heterocycles. The van der Waals surface area contributed by atoms with Gasteiger partial charge >= 0.3 is 6.03 Å². The van der Waals surface area contributed by atoms with Gasteiger partial charge in [0.05, 0.1) is 34.2 Å². The van der Waals surface area contributed by atoms with E-state index in [4.69, 9.17) is 4.42 Å². The number of nitrogens with one attached hydrogen (secondary N) is 2. The highest BCUT2D eigenvalue weighted by Crippen LogP contribution is 2.41. The zero-order valence-corrected chi connectivity index (χ0v) is 19.7. The molecular formula is C20H25N5O5S2. The van der Waals surface area contributed by atoms with E-state index in [1.807, 2.05) is 25.7 Å².